The first-order valence-electron chi connectivity index (χ1n) is 30.6. The van der Waals surface area contributed by atoms with E-state index in [4.69, 9.17) is 19.7 Å². The summed E-state index contributed by atoms with van der Waals surface area (Å²) in [6.45, 7) is 17.5. The first-order valence-corrected chi connectivity index (χ1v) is 31.5. The molecule has 6 fully saturated rings. The topological polar surface area (TPSA) is 205 Å². The lowest BCUT2D eigenvalue weighted by molar-refractivity contribution is -0.141. The van der Waals surface area contributed by atoms with E-state index in [0.29, 0.717) is 59.7 Å². The van der Waals surface area contributed by atoms with Gasteiger partial charge in [-0.05, 0) is 111 Å². The predicted octanol–water partition coefficient (Wildman–Crippen LogP) is 10.0. The van der Waals surface area contributed by atoms with Crippen LogP contribution in [0.3, 0.4) is 0 Å². The van der Waals surface area contributed by atoms with Gasteiger partial charge >= 0.3 is 0 Å². The van der Waals surface area contributed by atoms with E-state index in [1.54, 1.807) is 23.5 Å². The highest BCUT2D eigenvalue weighted by atomic mass is 32.1. The summed E-state index contributed by atoms with van der Waals surface area (Å²) in [5.74, 6) is 2.64. The molecule has 4 N–H and O–H groups in total. The molecule has 1 saturated carbocycles. The van der Waals surface area contributed by atoms with Crippen molar-refractivity contribution >= 4 is 46.2 Å². The summed E-state index contributed by atoms with van der Waals surface area (Å²) in [5.41, 5.74) is 14.7. The van der Waals surface area contributed by atoms with E-state index in [1.165, 1.54) is 0 Å². The Kier molecular flexibility index (Phi) is 16.9. The summed E-state index contributed by atoms with van der Waals surface area (Å²) in [6.07, 6.45) is 13.0. The monoisotopic (exact) mass is 1150 g/mol. The molecule has 5 saturated heterocycles. The molecule has 18 nitrogen and oxygen atoms in total. The molecule has 2 amide bonds. The minimum atomic E-state index is -0.549. The highest BCUT2D eigenvalue weighted by Crippen LogP contribution is 2.42. The molecule has 2 bridgehead atoms. The molecule has 6 atom stereocenters. The Labute approximate surface area is 492 Å². The number of likely N-dealkylation sites (tertiary alicyclic amines) is 2. The van der Waals surface area contributed by atoms with Crippen LogP contribution in [0.4, 0.5) is 23.0 Å². The third kappa shape index (κ3) is 12.4. The number of hydrogen-bond acceptors (Lipinski definition) is 17. The number of nitrogen functional groups attached to an aromatic ring is 1. The number of carbonyl (C=O) groups is 2. The number of aromatic hydroxyl groups is 1. The number of phenols is 1. The third-order valence-corrected chi connectivity index (χ3v) is 19.6. The molecule has 83 heavy (non-hydrogen) atoms. The lowest BCUT2D eigenvalue weighted by atomic mass is 9.91. The number of pyridine rings is 1. The van der Waals surface area contributed by atoms with Gasteiger partial charge in [0.1, 0.15) is 23.8 Å². The Bertz CT molecular complexity index is 3170. The Morgan fingerprint density at radius 3 is 2.33 bits per heavy atom. The zero-order chi connectivity index (χ0) is 57.3. The Morgan fingerprint density at radius 2 is 1.61 bits per heavy atom. The van der Waals surface area contributed by atoms with Crippen LogP contribution >= 0.6 is 11.3 Å². The van der Waals surface area contributed by atoms with Gasteiger partial charge in [-0.3, -0.25) is 9.59 Å². The number of nitrogens with zero attached hydrogens (tertiary/aromatic N) is 10. The molecule has 0 spiro atoms. The summed E-state index contributed by atoms with van der Waals surface area (Å²) >= 11 is 1.63. The van der Waals surface area contributed by atoms with Crippen LogP contribution in [0.2, 0.25) is 0 Å². The fourth-order valence-corrected chi connectivity index (χ4v) is 14.9. The van der Waals surface area contributed by atoms with E-state index in [1.807, 2.05) is 47.8 Å². The standard InChI is InChI=1S/C64H82N12O6S/c1-6-9-52(43-12-14-44(15-13-43)61-41(5)67-38-83-61)68-63(78)55-28-40(4)34-75(55)64(79)60(39(2)3)57-33-58(71-82-57)73-26-19-42(20-27-73)35-72-24-21-48(22-25-72)80-49-30-50(31-49)81-59-29-45(18-23-66-59)76-46-16-17-47(76)37-74(36-46)54-32-53(69-70-62(54)65)51-10-7-8-11-56(51)77/h7-8,10-15,18,23,29,32-33,38-40,42,46-50,52,55,60,77H,6,9,16-17,19-22,24-28,30-31,34-37H2,1-5H3,(H2,65,70)(H,68,78)/t40-,46?,47?,49?,50?,52+,55+,60-/m1/s1. The molecule has 440 valence electrons. The van der Waals surface area contributed by atoms with Gasteiger partial charge in [-0.2, -0.15) is 0 Å². The maximum Gasteiger partial charge on any atom is 0.243 e. The Balaban J connectivity index is 0.569. The number of anilines is 4. The number of phenolic OH excluding ortho intramolecular Hbond substituents is 1. The van der Waals surface area contributed by atoms with Crippen LogP contribution in [0.5, 0.6) is 11.6 Å². The van der Waals surface area contributed by atoms with Gasteiger partial charge in [-0.15, -0.1) is 21.5 Å². The van der Waals surface area contributed by atoms with Crippen LogP contribution in [0, 0.1) is 24.7 Å². The molecule has 6 aliphatic rings. The number of benzene rings is 2. The van der Waals surface area contributed by atoms with Gasteiger partial charge in [0.25, 0.3) is 0 Å². The predicted molar refractivity (Wildman–Crippen MR) is 324 cm³/mol. The zero-order valence-corrected chi connectivity index (χ0v) is 49.6. The number of nitrogens with one attached hydrogen (secondary N) is 1. The summed E-state index contributed by atoms with van der Waals surface area (Å²) in [7, 11) is 0. The fourth-order valence-electron chi connectivity index (χ4n) is 14.1. The Morgan fingerprint density at radius 1 is 0.855 bits per heavy atom. The van der Waals surface area contributed by atoms with E-state index in [-0.39, 0.29) is 53.8 Å². The molecule has 19 heteroatoms. The average molecular weight is 1150 g/mol. The lowest BCUT2D eigenvalue weighted by Crippen LogP contribution is -2.54. The number of aromatic nitrogens is 5. The number of rotatable bonds is 19. The van der Waals surface area contributed by atoms with Crippen molar-refractivity contribution in [2.75, 3.05) is 72.8 Å². The number of ether oxygens (including phenoxy) is 2. The van der Waals surface area contributed by atoms with Crippen LogP contribution in [-0.2, 0) is 14.3 Å². The molecule has 0 radical (unpaired) electrons. The minimum Gasteiger partial charge on any atom is -0.507 e. The first kappa shape index (κ1) is 56.6. The van der Waals surface area contributed by atoms with Crippen molar-refractivity contribution in [2.24, 2.45) is 17.8 Å². The molecule has 9 heterocycles. The van der Waals surface area contributed by atoms with Crippen LogP contribution in [0.25, 0.3) is 21.7 Å². The molecular weight excluding hydrogens is 1060 g/mol. The van der Waals surface area contributed by atoms with Crippen molar-refractivity contribution in [1.82, 2.24) is 40.4 Å². The van der Waals surface area contributed by atoms with Gasteiger partial charge < -0.3 is 54.7 Å². The van der Waals surface area contributed by atoms with Crippen molar-refractivity contribution in [3.63, 3.8) is 0 Å². The van der Waals surface area contributed by atoms with E-state index < -0.39 is 12.0 Å². The van der Waals surface area contributed by atoms with Crippen molar-refractivity contribution < 1.29 is 28.7 Å². The maximum absolute atomic E-state index is 14.6. The molecule has 4 aromatic heterocycles. The summed E-state index contributed by atoms with van der Waals surface area (Å²) in [4.78, 5) is 50.7. The summed E-state index contributed by atoms with van der Waals surface area (Å²) in [6, 6.07) is 23.7. The lowest BCUT2D eigenvalue weighted by Gasteiger charge is -2.43. The van der Waals surface area contributed by atoms with Gasteiger partial charge in [0.2, 0.25) is 17.7 Å². The molecule has 1 aliphatic carbocycles. The molecular formula is C64H82N12O6S. The number of nitrogens with two attached hydrogens (primary N) is 1. The maximum atomic E-state index is 14.6. The number of piperidine rings is 2. The number of carbonyl (C=O) groups excluding carboxylic acids is 2. The van der Waals surface area contributed by atoms with Crippen LogP contribution in [-0.4, -0.2) is 141 Å². The van der Waals surface area contributed by atoms with Crippen LogP contribution in [0.1, 0.15) is 127 Å². The van der Waals surface area contributed by atoms with E-state index in [9.17, 15) is 14.7 Å². The van der Waals surface area contributed by atoms with Crippen LogP contribution in [0.15, 0.2) is 89.0 Å². The minimum absolute atomic E-state index is 0.0487. The number of fused-ring (bicyclic) bond motifs is 2. The smallest absolute Gasteiger partial charge is 0.243 e. The number of aryl methyl sites for hydroxylation is 1. The highest BCUT2D eigenvalue weighted by molar-refractivity contribution is 7.13. The zero-order valence-electron chi connectivity index (χ0n) is 48.8. The van der Waals surface area contributed by atoms with Crippen molar-refractivity contribution in [3.8, 4) is 33.3 Å². The van der Waals surface area contributed by atoms with Gasteiger partial charge in [0.15, 0.2) is 17.4 Å². The number of hydrogen-bond donors (Lipinski definition) is 3. The van der Waals surface area contributed by atoms with Crippen molar-refractivity contribution in [3.05, 3.63) is 102 Å². The second-order valence-electron chi connectivity index (χ2n) is 24.9. The average Bonchev–Trinajstić information content (AvgIpc) is 4.20. The Hall–Kier alpha value is -6.83. The van der Waals surface area contributed by atoms with Crippen molar-refractivity contribution in [2.45, 2.75) is 154 Å². The van der Waals surface area contributed by atoms with Crippen LogP contribution < -0.4 is 30.5 Å². The number of para-hydroxylation sites is 1. The quantitative estimate of drug-likeness (QED) is 0.0690. The van der Waals surface area contributed by atoms with E-state index in [2.05, 4.69) is 114 Å². The van der Waals surface area contributed by atoms with Gasteiger partial charge in [-0.1, -0.05) is 75.7 Å². The number of thiazole rings is 1. The second kappa shape index (κ2) is 24.8. The van der Waals surface area contributed by atoms with Gasteiger partial charge in [0, 0.05) is 107 Å². The summed E-state index contributed by atoms with van der Waals surface area (Å²) < 4.78 is 19.2. The normalized spacial score (nSPS) is 24.1. The highest BCUT2D eigenvalue weighted by Gasteiger charge is 2.44. The van der Waals surface area contributed by atoms with Gasteiger partial charge in [0.05, 0.1) is 45.7 Å². The second-order valence-corrected chi connectivity index (χ2v) is 25.7. The van der Waals surface area contributed by atoms with Crippen molar-refractivity contribution in [1.29, 1.82) is 0 Å². The number of piperazine rings is 1. The fraction of sp³-hybridized carbons (Fsp3) is 0.547. The van der Waals surface area contributed by atoms with E-state index >= 15 is 0 Å². The largest absolute Gasteiger partial charge is 0.507 e. The van der Waals surface area contributed by atoms with E-state index in [0.717, 1.165) is 149 Å². The molecule has 6 aromatic rings. The third-order valence-electron chi connectivity index (χ3n) is 18.6. The number of amides is 2. The first-order chi connectivity index (χ1) is 40.3. The molecule has 2 unspecified atom stereocenters. The molecule has 2 aromatic carbocycles. The summed E-state index contributed by atoms with van der Waals surface area (Å²) in [5, 5.41) is 27.0. The SMILES string of the molecule is CCC[C@H](NC(=O)[C@@H]1C[C@@H](C)CN1C(=O)[C@@H](c1cc(N2CCC(CN3CCC(OC4CC(Oc5cc(N6C7CCC6CN(c6cc(-c8ccccc8O)nnc6N)C7)ccn5)C4)CC3)CC2)no1)C(C)C)c1ccc(-c2scnc2C)cc1. The molecule has 5 aliphatic heterocycles. The van der Waals surface area contributed by atoms with Gasteiger partial charge in [-0.25, -0.2) is 9.97 Å². The molecule has 12 rings (SSSR count).